The zero-order chi connectivity index (χ0) is 26.1. The standard InChI is InChI=1S/C26H33Cl2N3O5.2ClH/c1-31-12-9-18(10-13-31)36-26(34)21(15-17-7-3-2-4-8-17)30-25(33)19-16-20(27)24(22(28)23(19)32)35-14-6-5-11-29;;/h2-4,7-8,16,18,21,32H,5-6,9-15,29H2,1H3,(H,30,33);2*1H/t21-;;/m0../s1. The number of phenolic OH excluding ortho intramolecular Hbond substituents is 1. The molecule has 1 aliphatic rings. The first-order chi connectivity index (χ1) is 17.3. The number of piperidine rings is 1. The van der Waals surface area contributed by atoms with Gasteiger partial charge in [0.05, 0.1) is 17.2 Å². The number of nitrogens with zero attached hydrogens (tertiary/aromatic N) is 1. The quantitative estimate of drug-likeness (QED) is 0.251. The van der Waals surface area contributed by atoms with Gasteiger partial charge in [0, 0.05) is 19.5 Å². The molecule has 0 spiro atoms. The molecule has 1 fully saturated rings. The van der Waals surface area contributed by atoms with Crippen LogP contribution in [0, 0.1) is 0 Å². The zero-order valence-corrected chi connectivity index (χ0v) is 24.3. The Kier molecular flexibility index (Phi) is 15.2. The molecule has 1 amide bonds. The fourth-order valence-corrected chi connectivity index (χ4v) is 4.51. The largest absolute Gasteiger partial charge is 0.505 e. The molecule has 1 saturated heterocycles. The average Bonchev–Trinajstić information content (AvgIpc) is 2.87. The number of nitrogens with one attached hydrogen (secondary N) is 1. The van der Waals surface area contributed by atoms with Crippen LogP contribution in [0.5, 0.6) is 11.5 Å². The van der Waals surface area contributed by atoms with Crippen LogP contribution in [0.2, 0.25) is 10.0 Å². The summed E-state index contributed by atoms with van der Waals surface area (Å²) < 4.78 is 11.3. The number of unbranched alkanes of at least 4 members (excludes halogenated alkanes) is 1. The summed E-state index contributed by atoms with van der Waals surface area (Å²) in [6.45, 7) is 2.50. The normalized spacial score (nSPS) is 14.5. The zero-order valence-electron chi connectivity index (χ0n) is 21.2. The molecule has 0 radical (unpaired) electrons. The topological polar surface area (TPSA) is 114 Å². The maximum atomic E-state index is 13.2. The predicted octanol–water partition coefficient (Wildman–Crippen LogP) is 4.64. The number of ether oxygens (including phenoxy) is 2. The molecule has 0 bridgehead atoms. The Balaban J connectivity index is 0.00000361. The maximum Gasteiger partial charge on any atom is 0.329 e. The van der Waals surface area contributed by atoms with E-state index in [1.54, 1.807) is 0 Å². The lowest BCUT2D eigenvalue weighted by molar-refractivity contribution is -0.153. The van der Waals surface area contributed by atoms with Crippen LogP contribution in [0.1, 0.15) is 41.6 Å². The maximum absolute atomic E-state index is 13.2. The van der Waals surface area contributed by atoms with Crippen molar-refractivity contribution >= 4 is 59.9 Å². The highest BCUT2D eigenvalue weighted by molar-refractivity contribution is 6.39. The molecule has 38 heavy (non-hydrogen) atoms. The number of esters is 1. The molecule has 1 aliphatic heterocycles. The van der Waals surface area contributed by atoms with Gasteiger partial charge in [-0.05, 0) is 50.9 Å². The first-order valence-corrected chi connectivity index (χ1v) is 12.8. The second-order valence-electron chi connectivity index (χ2n) is 8.90. The lowest BCUT2D eigenvalue weighted by atomic mass is 10.0. The lowest BCUT2D eigenvalue weighted by Gasteiger charge is -2.30. The van der Waals surface area contributed by atoms with E-state index in [1.807, 2.05) is 37.4 Å². The van der Waals surface area contributed by atoms with Gasteiger partial charge in [0.2, 0.25) is 0 Å². The highest BCUT2D eigenvalue weighted by Crippen LogP contribution is 2.42. The van der Waals surface area contributed by atoms with E-state index in [4.69, 9.17) is 38.4 Å². The number of aromatic hydroxyl groups is 1. The molecule has 1 heterocycles. The predicted molar refractivity (Wildman–Crippen MR) is 154 cm³/mol. The van der Waals surface area contributed by atoms with Crippen molar-refractivity contribution in [1.29, 1.82) is 0 Å². The van der Waals surface area contributed by atoms with Gasteiger partial charge in [-0.2, -0.15) is 0 Å². The van der Waals surface area contributed by atoms with Crippen LogP contribution in [0.4, 0.5) is 0 Å². The van der Waals surface area contributed by atoms with Crippen molar-refractivity contribution < 1.29 is 24.2 Å². The third-order valence-electron chi connectivity index (χ3n) is 6.06. The van der Waals surface area contributed by atoms with Gasteiger partial charge in [-0.1, -0.05) is 53.5 Å². The van der Waals surface area contributed by atoms with Gasteiger partial charge < -0.3 is 30.5 Å². The molecule has 0 aliphatic carbocycles. The first-order valence-electron chi connectivity index (χ1n) is 12.1. The number of nitrogens with two attached hydrogens (primary N) is 1. The molecular weight excluding hydrogens is 576 g/mol. The summed E-state index contributed by atoms with van der Waals surface area (Å²) in [6, 6.07) is 9.62. The van der Waals surface area contributed by atoms with Gasteiger partial charge in [0.1, 0.15) is 17.2 Å². The minimum absolute atomic E-state index is 0. The fourth-order valence-electron chi connectivity index (χ4n) is 3.95. The number of benzene rings is 2. The van der Waals surface area contributed by atoms with Crippen LogP contribution in [0.25, 0.3) is 0 Å². The van der Waals surface area contributed by atoms with E-state index in [9.17, 15) is 14.7 Å². The Morgan fingerprint density at radius 2 is 1.82 bits per heavy atom. The molecular formula is C26H35Cl4N3O5. The number of carbonyl (C=O) groups excluding carboxylic acids is 2. The van der Waals surface area contributed by atoms with Crippen molar-refractivity contribution in [2.45, 2.75) is 44.2 Å². The number of phenols is 1. The Hall–Kier alpha value is -1.94. The van der Waals surface area contributed by atoms with Gasteiger partial charge in [-0.15, -0.1) is 24.8 Å². The monoisotopic (exact) mass is 609 g/mol. The smallest absolute Gasteiger partial charge is 0.329 e. The van der Waals surface area contributed by atoms with Crippen LogP contribution in [-0.2, 0) is 16.0 Å². The molecule has 0 aromatic heterocycles. The first kappa shape index (κ1) is 34.1. The molecule has 8 nitrogen and oxygen atoms in total. The minimum atomic E-state index is -0.969. The summed E-state index contributed by atoms with van der Waals surface area (Å²) in [5, 5.41) is 13.2. The molecule has 2 aromatic rings. The van der Waals surface area contributed by atoms with E-state index >= 15 is 0 Å². The number of hydrogen-bond acceptors (Lipinski definition) is 7. The van der Waals surface area contributed by atoms with Crippen LogP contribution in [0.3, 0.4) is 0 Å². The number of amides is 1. The summed E-state index contributed by atoms with van der Waals surface area (Å²) in [5.74, 6) is -1.62. The SMILES string of the molecule is CN1CCC(OC(=O)[C@H](Cc2ccccc2)NC(=O)c2cc(Cl)c(OCCCCN)c(Cl)c2O)CC1.Cl.Cl. The molecule has 12 heteroatoms. The lowest BCUT2D eigenvalue weighted by Crippen LogP contribution is -2.45. The summed E-state index contributed by atoms with van der Waals surface area (Å²) in [4.78, 5) is 28.5. The summed E-state index contributed by atoms with van der Waals surface area (Å²) in [5.41, 5.74) is 6.17. The number of likely N-dealkylation sites (tertiary alicyclic amines) is 1. The average molecular weight is 611 g/mol. The Morgan fingerprint density at radius 3 is 2.45 bits per heavy atom. The van der Waals surface area contributed by atoms with Gasteiger partial charge in [0.15, 0.2) is 11.5 Å². The molecule has 2 aromatic carbocycles. The number of hydrogen-bond donors (Lipinski definition) is 3. The van der Waals surface area contributed by atoms with Gasteiger partial charge in [0.25, 0.3) is 5.91 Å². The fraction of sp³-hybridized carbons (Fsp3) is 0.462. The summed E-state index contributed by atoms with van der Waals surface area (Å²) in [6.07, 6.45) is 2.92. The van der Waals surface area contributed by atoms with Crippen LogP contribution < -0.4 is 15.8 Å². The highest BCUT2D eigenvalue weighted by Gasteiger charge is 2.29. The molecule has 0 saturated carbocycles. The summed E-state index contributed by atoms with van der Waals surface area (Å²) >= 11 is 12.6. The van der Waals surface area contributed by atoms with E-state index in [1.165, 1.54) is 6.07 Å². The Morgan fingerprint density at radius 1 is 1.16 bits per heavy atom. The van der Waals surface area contributed by atoms with Crippen molar-refractivity contribution in [3.63, 3.8) is 0 Å². The van der Waals surface area contributed by atoms with Crippen molar-refractivity contribution in [3.8, 4) is 11.5 Å². The minimum Gasteiger partial charge on any atom is -0.505 e. The molecule has 0 unspecified atom stereocenters. The molecule has 1 atom stereocenters. The van der Waals surface area contributed by atoms with Crippen molar-refractivity contribution in [3.05, 3.63) is 57.6 Å². The Labute approximate surface area is 245 Å². The highest BCUT2D eigenvalue weighted by atomic mass is 35.5. The molecule has 3 rings (SSSR count). The third kappa shape index (κ3) is 9.67. The van der Waals surface area contributed by atoms with Crippen molar-refractivity contribution in [2.75, 3.05) is 33.3 Å². The van der Waals surface area contributed by atoms with Crippen LogP contribution in [0.15, 0.2) is 36.4 Å². The second kappa shape index (κ2) is 16.9. The van der Waals surface area contributed by atoms with E-state index in [0.717, 1.165) is 37.9 Å². The number of halogens is 4. The van der Waals surface area contributed by atoms with Gasteiger partial charge in [-0.25, -0.2) is 4.79 Å². The van der Waals surface area contributed by atoms with Crippen LogP contribution in [-0.4, -0.2) is 67.3 Å². The van der Waals surface area contributed by atoms with Crippen molar-refractivity contribution in [1.82, 2.24) is 10.2 Å². The third-order valence-corrected chi connectivity index (χ3v) is 6.69. The Bertz CT molecular complexity index is 1040. The van der Waals surface area contributed by atoms with E-state index in [-0.39, 0.29) is 58.7 Å². The van der Waals surface area contributed by atoms with E-state index < -0.39 is 23.7 Å². The summed E-state index contributed by atoms with van der Waals surface area (Å²) in [7, 11) is 2.02. The van der Waals surface area contributed by atoms with Crippen LogP contribution >= 0.6 is 48.0 Å². The van der Waals surface area contributed by atoms with Gasteiger partial charge >= 0.3 is 5.97 Å². The van der Waals surface area contributed by atoms with E-state index in [2.05, 4.69) is 10.2 Å². The van der Waals surface area contributed by atoms with Crippen molar-refractivity contribution in [2.24, 2.45) is 5.73 Å². The number of rotatable bonds is 11. The number of carbonyl (C=O) groups is 2. The van der Waals surface area contributed by atoms with E-state index in [0.29, 0.717) is 19.6 Å². The van der Waals surface area contributed by atoms with Gasteiger partial charge in [-0.3, -0.25) is 4.79 Å². The molecule has 212 valence electrons. The second-order valence-corrected chi connectivity index (χ2v) is 9.68. The molecule has 4 N–H and O–H groups in total.